The largest absolute Gasteiger partial charge is 0.480 e. The van der Waals surface area contributed by atoms with Crippen molar-refractivity contribution < 1.29 is 19.4 Å². The molecule has 0 aliphatic rings. The first-order valence-electron chi connectivity index (χ1n) is 6.33. The van der Waals surface area contributed by atoms with E-state index in [2.05, 4.69) is 10.6 Å². The van der Waals surface area contributed by atoms with E-state index in [1.807, 2.05) is 12.1 Å². The molecule has 3 N–H and O–H groups in total. The van der Waals surface area contributed by atoms with E-state index in [-0.39, 0.29) is 5.92 Å². The van der Waals surface area contributed by atoms with Crippen LogP contribution in [-0.2, 0) is 16.1 Å². The van der Waals surface area contributed by atoms with Gasteiger partial charge in [0.15, 0.2) is 0 Å². The minimum Gasteiger partial charge on any atom is -0.480 e. The van der Waals surface area contributed by atoms with Crippen LogP contribution in [0.4, 0.5) is 10.5 Å². The second kappa shape index (κ2) is 7.49. The van der Waals surface area contributed by atoms with Crippen LogP contribution in [0.5, 0.6) is 0 Å². The molecule has 0 bridgehead atoms. The zero-order chi connectivity index (χ0) is 15.1. The number of nitrogens with one attached hydrogen (secondary N) is 2. The van der Waals surface area contributed by atoms with E-state index in [4.69, 9.17) is 9.84 Å². The van der Waals surface area contributed by atoms with Crippen LogP contribution in [0.3, 0.4) is 0 Å². The summed E-state index contributed by atoms with van der Waals surface area (Å²) in [5, 5.41) is 14.1. The van der Waals surface area contributed by atoms with Crippen molar-refractivity contribution in [1.29, 1.82) is 0 Å². The first-order valence-corrected chi connectivity index (χ1v) is 6.33. The Labute approximate surface area is 118 Å². The van der Waals surface area contributed by atoms with E-state index >= 15 is 0 Å². The van der Waals surface area contributed by atoms with Crippen molar-refractivity contribution in [3.05, 3.63) is 29.8 Å². The van der Waals surface area contributed by atoms with Crippen LogP contribution >= 0.6 is 0 Å². The van der Waals surface area contributed by atoms with Crippen molar-refractivity contribution in [2.24, 2.45) is 5.92 Å². The Kier molecular flexibility index (Phi) is 5.99. The average molecular weight is 280 g/mol. The van der Waals surface area contributed by atoms with Crippen LogP contribution in [0.2, 0.25) is 0 Å². The number of carboxylic acid groups (broad SMARTS) is 1. The molecule has 0 spiro atoms. The molecule has 1 aromatic carbocycles. The average Bonchev–Trinajstić information content (AvgIpc) is 2.38. The monoisotopic (exact) mass is 280 g/mol. The number of carboxylic acids is 1. The van der Waals surface area contributed by atoms with Gasteiger partial charge in [0.25, 0.3) is 0 Å². The molecule has 0 saturated heterocycles. The highest BCUT2D eigenvalue weighted by molar-refractivity contribution is 5.92. The number of carbonyl (C=O) groups is 2. The molecule has 0 radical (unpaired) electrons. The van der Waals surface area contributed by atoms with Crippen molar-refractivity contribution in [2.45, 2.75) is 26.5 Å². The summed E-state index contributed by atoms with van der Waals surface area (Å²) in [6, 6.07) is 5.71. The number of hydrogen-bond acceptors (Lipinski definition) is 3. The van der Waals surface area contributed by atoms with E-state index in [0.717, 1.165) is 5.56 Å². The van der Waals surface area contributed by atoms with Crippen LogP contribution in [0.25, 0.3) is 0 Å². The molecule has 1 atom stereocenters. The molecule has 6 heteroatoms. The minimum absolute atomic E-state index is 0.201. The van der Waals surface area contributed by atoms with Gasteiger partial charge in [0, 0.05) is 18.4 Å². The summed E-state index contributed by atoms with van der Waals surface area (Å²) in [5.74, 6) is -1.26. The van der Waals surface area contributed by atoms with Crippen molar-refractivity contribution in [3.63, 3.8) is 0 Å². The molecule has 6 nitrogen and oxygen atoms in total. The van der Waals surface area contributed by atoms with Gasteiger partial charge in [0.2, 0.25) is 0 Å². The summed E-state index contributed by atoms with van der Waals surface area (Å²) in [6.45, 7) is 3.83. The first-order chi connectivity index (χ1) is 9.45. The highest BCUT2D eigenvalue weighted by Gasteiger charge is 2.23. The van der Waals surface area contributed by atoms with E-state index < -0.39 is 18.0 Å². The van der Waals surface area contributed by atoms with Crippen LogP contribution in [0, 0.1) is 5.92 Å². The standard InChI is InChI=1S/C14H20N2O4/c1-9(2)12(13(17)18)16-14(19)15-11-7-5-4-6-10(11)8-20-3/h4-7,9,12H,8H2,1-3H3,(H,17,18)(H2,15,16,19). The van der Waals surface area contributed by atoms with Crippen molar-refractivity contribution in [1.82, 2.24) is 5.32 Å². The number of methoxy groups -OCH3 is 1. The highest BCUT2D eigenvalue weighted by Crippen LogP contribution is 2.15. The van der Waals surface area contributed by atoms with E-state index in [0.29, 0.717) is 12.3 Å². The summed E-state index contributed by atoms with van der Waals surface area (Å²) in [6.07, 6.45) is 0. The van der Waals surface area contributed by atoms with E-state index in [1.165, 1.54) is 0 Å². The summed E-state index contributed by atoms with van der Waals surface area (Å²) >= 11 is 0. The summed E-state index contributed by atoms with van der Waals surface area (Å²) in [5.41, 5.74) is 1.42. The van der Waals surface area contributed by atoms with E-state index in [1.54, 1.807) is 33.1 Å². The summed E-state index contributed by atoms with van der Waals surface area (Å²) in [4.78, 5) is 22.9. The van der Waals surface area contributed by atoms with Crippen molar-refractivity contribution >= 4 is 17.7 Å². The third kappa shape index (κ3) is 4.55. The predicted molar refractivity (Wildman–Crippen MR) is 75.6 cm³/mol. The zero-order valence-electron chi connectivity index (χ0n) is 11.8. The first kappa shape index (κ1) is 16.0. The lowest BCUT2D eigenvalue weighted by Gasteiger charge is -2.19. The molecule has 0 aromatic heterocycles. The molecule has 20 heavy (non-hydrogen) atoms. The molecule has 0 fully saturated rings. The molecule has 110 valence electrons. The number of anilines is 1. The van der Waals surface area contributed by atoms with Gasteiger partial charge in [-0.3, -0.25) is 0 Å². The second-order valence-corrected chi connectivity index (χ2v) is 4.75. The fraction of sp³-hybridized carbons (Fsp3) is 0.429. The minimum atomic E-state index is -1.06. The number of hydrogen-bond donors (Lipinski definition) is 3. The SMILES string of the molecule is COCc1ccccc1NC(=O)NC(C(=O)O)C(C)C. The smallest absolute Gasteiger partial charge is 0.326 e. The van der Waals surface area contributed by atoms with Crippen LogP contribution in [-0.4, -0.2) is 30.3 Å². The van der Waals surface area contributed by atoms with Gasteiger partial charge in [-0.15, -0.1) is 0 Å². The Morgan fingerprint density at radius 1 is 1.30 bits per heavy atom. The van der Waals surface area contributed by atoms with Gasteiger partial charge in [-0.2, -0.15) is 0 Å². The Balaban J connectivity index is 2.73. The van der Waals surface area contributed by atoms with Crippen LogP contribution in [0.15, 0.2) is 24.3 Å². The quantitative estimate of drug-likeness (QED) is 0.744. The lowest BCUT2D eigenvalue weighted by Crippen LogP contribution is -2.46. The number of aliphatic carboxylic acids is 1. The highest BCUT2D eigenvalue weighted by atomic mass is 16.5. The third-order valence-electron chi connectivity index (χ3n) is 2.78. The Bertz CT molecular complexity index is 474. The topological polar surface area (TPSA) is 87.7 Å². The maximum atomic E-state index is 11.9. The molecular formula is C14H20N2O4. The number of carbonyl (C=O) groups excluding carboxylic acids is 1. The summed E-state index contributed by atoms with van der Waals surface area (Å²) in [7, 11) is 1.57. The lowest BCUT2D eigenvalue weighted by atomic mass is 10.1. The number of rotatable bonds is 6. The maximum Gasteiger partial charge on any atom is 0.326 e. The predicted octanol–water partition coefficient (Wildman–Crippen LogP) is 2.06. The molecule has 0 heterocycles. The molecule has 0 aliphatic heterocycles. The molecule has 1 unspecified atom stereocenters. The number of amides is 2. The van der Waals surface area contributed by atoms with E-state index in [9.17, 15) is 9.59 Å². The zero-order valence-corrected chi connectivity index (χ0v) is 11.8. The normalized spacial score (nSPS) is 12.0. The second-order valence-electron chi connectivity index (χ2n) is 4.75. The fourth-order valence-corrected chi connectivity index (χ4v) is 1.74. The Morgan fingerprint density at radius 3 is 2.50 bits per heavy atom. The van der Waals surface area contributed by atoms with Crippen LogP contribution < -0.4 is 10.6 Å². The molecular weight excluding hydrogens is 260 g/mol. The van der Waals surface area contributed by atoms with Gasteiger partial charge in [-0.25, -0.2) is 9.59 Å². The molecule has 0 saturated carbocycles. The number of benzene rings is 1. The maximum absolute atomic E-state index is 11.9. The van der Waals surface area contributed by atoms with Gasteiger partial charge < -0.3 is 20.5 Å². The van der Waals surface area contributed by atoms with Gasteiger partial charge in [-0.1, -0.05) is 32.0 Å². The lowest BCUT2D eigenvalue weighted by molar-refractivity contribution is -0.140. The number of para-hydroxylation sites is 1. The Hall–Kier alpha value is -2.08. The molecule has 1 aromatic rings. The third-order valence-corrected chi connectivity index (χ3v) is 2.78. The van der Waals surface area contributed by atoms with Crippen molar-refractivity contribution in [3.8, 4) is 0 Å². The Morgan fingerprint density at radius 2 is 1.95 bits per heavy atom. The number of ether oxygens (including phenoxy) is 1. The molecule has 1 rings (SSSR count). The van der Waals surface area contributed by atoms with Gasteiger partial charge in [0.1, 0.15) is 6.04 Å². The molecule has 2 amide bonds. The summed E-state index contributed by atoms with van der Waals surface area (Å²) < 4.78 is 5.04. The van der Waals surface area contributed by atoms with Crippen molar-refractivity contribution in [2.75, 3.05) is 12.4 Å². The fourth-order valence-electron chi connectivity index (χ4n) is 1.74. The molecule has 0 aliphatic carbocycles. The van der Waals surface area contributed by atoms with Gasteiger partial charge in [0.05, 0.1) is 6.61 Å². The van der Waals surface area contributed by atoms with Gasteiger partial charge in [-0.05, 0) is 12.0 Å². The number of urea groups is 1. The van der Waals surface area contributed by atoms with Crippen LogP contribution in [0.1, 0.15) is 19.4 Å². The van der Waals surface area contributed by atoms with Gasteiger partial charge >= 0.3 is 12.0 Å².